The average Bonchev–Trinajstić information content (AvgIpc) is 3.16. The van der Waals surface area contributed by atoms with E-state index in [2.05, 4.69) is 28.3 Å². The molecule has 0 aliphatic rings. The molecular weight excluding hydrogens is 446 g/mol. The number of sulfonamides is 1. The SMILES string of the molecule is CCCCCc1nc2ccccc2n1Cc1ccc(-c2ccccc2C(=O)NS(C)(=O)=O)cc1. The largest absolute Gasteiger partial charge is 0.323 e. The summed E-state index contributed by atoms with van der Waals surface area (Å²) in [5.41, 5.74) is 5.11. The van der Waals surface area contributed by atoms with Gasteiger partial charge in [-0.1, -0.05) is 74.4 Å². The van der Waals surface area contributed by atoms with E-state index in [1.54, 1.807) is 12.1 Å². The highest BCUT2D eigenvalue weighted by Gasteiger charge is 2.16. The molecule has 0 atom stereocenters. The molecule has 4 aromatic rings. The number of aryl methyl sites for hydroxylation is 1. The molecule has 176 valence electrons. The molecule has 0 unspecified atom stereocenters. The maximum absolute atomic E-state index is 12.5. The van der Waals surface area contributed by atoms with Crippen molar-refractivity contribution in [1.82, 2.24) is 14.3 Å². The normalized spacial score (nSPS) is 11.6. The second-order valence-electron chi connectivity index (χ2n) is 8.51. The number of rotatable bonds is 9. The molecule has 0 aliphatic heterocycles. The van der Waals surface area contributed by atoms with Gasteiger partial charge in [-0.2, -0.15) is 0 Å². The Labute approximate surface area is 200 Å². The number of para-hydroxylation sites is 2. The lowest BCUT2D eigenvalue weighted by molar-refractivity contribution is 0.0982. The number of aromatic nitrogens is 2. The maximum Gasteiger partial charge on any atom is 0.265 e. The molecule has 0 radical (unpaired) electrons. The van der Waals surface area contributed by atoms with Crippen LogP contribution < -0.4 is 4.72 Å². The Balaban J connectivity index is 1.61. The lowest BCUT2D eigenvalue weighted by atomic mass is 9.98. The summed E-state index contributed by atoms with van der Waals surface area (Å²) in [5, 5.41) is 0. The molecule has 0 saturated heterocycles. The van der Waals surface area contributed by atoms with Crippen LogP contribution in [0.3, 0.4) is 0 Å². The summed E-state index contributed by atoms with van der Waals surface area (Å²) < 4.78 is 27.4. The van der Waals surface area contributed by atoms with Gasteiger partial charge < -0.3 is 4.57 Å². The fraction of sp³-hybridized carbons (Fsp3) is 0.259. The van der Waals surface area contributed by atoms with Crippen molar-refractivity contribution in [3.8, 4) is 11.1 Å². The molecule has 7 heteroatoms. The number of fused-ring (bicyclic) bond motifs is 1. The molecule has 0 spiro atoms. The Hall–Kier alpha value is -3.45. The van der Waals surface area contributed by atoms with E-state index in [1.165, 1.54) is 12.8 Å². The molecule has 0 saturated carbocycles. The average molecular weight is 476 g/mol. The number of hydrogen-bond acceptors (Lipinski definition) is 4. The van der Waals surface area contributed by atoms with Crippen LogP contribution >= 0.6 is 0 Å². The number of nitrogens with one attached hydrogen (secondary N) is 1. The zero-order chi connectivity index (χ0) is 24.1. The number of carbonyl (C=O) groups excluding carboxylic acids is 1. The highest BCUT2D eigenvalue weighted by Crippen LogP contribution is 2.25. The van der Waals surface area contributed by atoms with Crippen LogP contribution in [0.1, 0.15) is 47.9 Å². The first-order valence-electron chi connectivity index (χ1n) is 11.5. The van der Waals surface area contributed by atoms with E-state index in [0.29, 0.717) is 17.7 Å². The summed E-state index contributed by atoms with van der Waals surface area (Å²) in [6.45, 7) is 2.91. The number of imidazole rings is 1. The second-order valence-corrected chi connectivity index (χ2v) is 10.3. The Bertz CT molecular complexity index is 1410. The highest BCUT2D eigenvalue weighted by molar-refractivity contribution is 7.89. The smallest absolute Gasteiger partial charge is 0.265 e. The summed E-state index contributed by atoms with van der Waals surface area (Å²) in [4.78, 5) is 17.4. The van der Waals surface area contributed by atoms with Gasteiger partial charge in [-0.25, -0.2) is 18.1 Å². The van der Waals surface area contributed by atoms with Gasteiger partial charge in [-0.3, -0.25) is 4.79 Å². The minimum absolute atomic E-state index is 0.319. The van der Waals surface area contributed by atoms with Crippen LogP contribution in [0.5, 0.6) is 0 Å². The number of amides is 1. The van der Waals surface area contributed by atoms with Gasteiger partial charge in [0.25, 0.3) is 5.91 Å². The fourth-order valence-electron chi connectivity index (χ4n) is 4.15. The van der Waals surface area contributed by atoms with E-state index in [4.69, 9.17) is 4.98 Å². The van der Waals surface area contributed by atoms with Crippen molar-refractivity contribution >= 4 is 27.0 Å². The minimum atomic E-state index is -3.65. The van der Waals surface area contributed by atoms with E-state index in [1.807, 2.05) is 48.5 Å². The van der Waals surface area contributed by atoms with Crippen LogP contribution in [-0.2, 0) is 23.0 Å². The first-order valence-corrected chi connectivity index (χ1v) is 13.4. The van der Waals surface area contributed by atoms with Gasteiger partial charge in [0, 0.05) is 18.5 Å². The first kappa shape index (κ1) is 23.7. The van der Waals surface area contributed by atoms with Crippen LogP contribution in [0.4, 0.5) is 0 Å². The molecule has 0 bridgehead atoms. The summed E-state index contributed by atoms with van der Waals surface area (Å²) in [6, 6.07) is 23.3. The van der Waals surface area contributed by atoms with Gasteiger partial charge in [-0.05, 0) is 41.3 Å². The van der Waals surface area contributed by atoms with E-state index < -0.39 is 15.9 Å². The van der Waals surface area contributed by atoms with Gasteiger partial charge in [-0.15, -0.1) is 0 Å². The Morgan fingerprint density at radius 3 is 2.38 bits per heavy atom. The maximum atomic E-state index is 12.5. The van der Waals surface area contributed by atoms with Gasteiger partial charge in [0.1, 0.15) is 5.82 Å². The summed E-state index contributed by atoms with van der Waals surface area (Å²) in [6.07, 6.45) is 5.39. The number of nitrogens with zero attached hydrogens (tertiary/aromatic N) is 2. The zero-order valence-corrected chi connectivity index (χ0v) is 20.3. The lowest BCUT2D eigenvalue weighted by Crippen LogP contribution is -2.29. The van der Waals surface area contributed by atoms with Gasteiger partial charge in [0.2, 0.25) is 10.0 Å². The van der Waals surface area contributed by atoms with Crippen molar-refractivity contribution in [3.63, 3.8) is 0 Å². The van der Waals surface area contributed by atoms with Crippen molar-refractivity contribution < 1.29 is 13.2 Å². The Morgan fingerprint density at radius 2 is 1.65 bits per heavy atom. The van der Waals surface area contributed by atoms with Crippen LogP contribution in [0.2, 0.25) is 0 Å². The summed E-state index contributed by atoms with van der Waals surface area (Å²) in [7, 11) is -3.65. The standard InChI is InChI=1S/C27H29N3O3S/c1-3-4-5-14-26-28-24-12-8-9-13-25(24)30(26)19-20-15-17-21(18-16-20)22-10-6-7-11-23(22)27(31)29-34(2,32)33/h6-13,15-18H,3-5,14,19H2,1-2H3,(H,29,31). The van der Waals surface area contributed by atoms with E-state index in [9.17, 15) is 13.2 Å². The van der Waals surface area contributed by atoms with E-state index in [0.717, 1.165) is 47.1 Å². The third-order valence-corrected chi connectivity index (χ3v) is 6.35. The highest BCUT2D eigenvalue weighted by atomic mass is 32.2. The van der Waals surface area contributed by atoms with Crippen molar-refractivity contribution in [3.05, 3.63) is 89.7 Å². The predicted molar refractivity (Wildman–Crippen MR) is 136 cm³/mol. The second kappa shape index (κ2) is 10.2. The van der Waals surface area contributed by atoms with Crippen molar-refractivity contribution in [2.75, 3.05) is 6.26 Å². The molecular formula is C27H29N3O3S. The van der Waals surface area contributed by atoms with E-state index in [-0.39, 0.29) is 0 Å². The molecule has 3 aromatic carbocycles. The molecule has 4 rings (SSSR count). The molecule has 34 heavy (non-hydrogen) atoms. The van der Waals surface area contributed by atoms with Crippen molar-refractivity contribution in [2.45, 2.75) is 39.2 Å². The van der Waals surface area contributed by atoms with Crippen molar-refractivity contribution in [1.29, 1.82) is 0 Å². The predicted octanol–water partition coefficient (Wildman–Crippen LogP) is 5.17. The van der Waals surface area contributed by atoms with Crippen LogP contribution in [-0.4, -0.2) is 30.1 Å². The minimum Gasteiger partial charge on any atom is -0.323 e. The Kier molecular flexibility index (Phi) is 7.12. The summed E-state index contributed by atoms with van der Waals surface area (Å²) in [5.74, 6) is 0.463. The molecule has 0 aliphatic carbocycles. The number of hydrogen-bond donors (Lipinski definition) is 1. The molecule has 6 nitrogen and oxygen atoms in total. The Morgan fingerprint density at radius 1 is 0.941 bits per heavy atom. The van der Waals surface area contributed by atoms with Crippen LogP contribution in [0.15, 0.2) is 72.8 Å². The van der Waals surface area contributed by atoms with Crippen molar-refractivity contribution in [2.24, 2.45) is 0 Å². The number of benzene rings is 3. The van der Waals surface area contributed by atoms with Crippen LogP contribution in [0, 0.1) is 0 Å². The summed E-state index contributed by atoms with van der Waals surface area (Å²) >= 11 is 0. The zero-order valence-electron chi connectivity index (χ0n) is 19.5. The third-order valence-electron chi connectivity index (χ3n) is 5.79. The number of carbonyl (C=O) groups is 1. The van der Waals surface area contributed by atoms with Gasteiger partial charge in [0.15, 0.2) is 0 Å². The van der Waals surface area contributed by atoms with E-state index >= 15 is 0 Å². The molecule has 1 heterocycles. The molecule has 1 aromatic heterocycles. The fourth-order valence-corrected chi connectivity index (χ4v) is 4.60. The monoisotopic (exact) mass is 475 g/mol. The molecule has 1 N–H and O–H groups in total. The molecule has 0 fully saturated rings. The third kappa shape index (κ3) is 5.54. The van der Waals surface area contributed by atoms with Gasteiger partial charge in [0.05, 0.1) is 17.3 Å². The lowest BCUT2D eigenvalue weighted by Gasteiger charge is -2.12. The quantitative estimate of drug-likeness (QED) is 0.339. The number of unbranched alkanes of at least 4 members (excludes halogenated alkanes) is 2. The molecule has 1 amide bonds. The van der Waals surface area contributed by atoms with Crippen LogP contribution in [0.25, 0.3) is 22.2 Å². The van der Waals surface area contributed by atoms with Gasteiger partial charge >= 0.3 is 0 Å². The first-order chi connectivity index (χ1) is 16.4. The topological polar surface area (TPSA) is 81.1 Å².